The zero-order valence-corrected chi connectivity index (χ0v) is 22.4. The average Bonchev–Trinajstić information content (AvgIpc) is 3.66. The van der Waals surface area contributed by atoms with Gasteiger partial charge in [-0.25, -0.2) is 23.7 Å². The van der Waals surface area contributed by atoms with E-state index in [4.69, 9.17) is 27.9 Å². The second-order valence-corrected chi connectivity index (χ2v) is 11.0. The molecule has 5 atom stereocenters. The van der Waals surface area contributed by atoms with Crippen molar-refractivity contribution in [1.82, 2.24) is 34.7 Å². The number of aliphatic hydroxyl groups excluding tert-OH is 3. The van der Waals surface area contributed by atoms with Gasteiger partial charge in [-0.05, 0) is 37.3 Å². The molecule has 0 spiro atoms. The van der Waals surface area contributed by atoms with E-state index in [2.05, 4.69) is 25.4 Å². The Hall–Kier alpha value is -3.04. The summed E-state index contributed by atoms with van der Waals surface area (Å²) >= 11 is 13.4. The van der Waals surface area contributed by atoms with Crippen LogP contribution in [0.15, 0.2) is 42.9 Å². The Bertz CT molecular complexity index is 1650. The topological polar surface area (TPSA) is 144 Å². The highest BCUT2D eigenvalue weighted by atomic mass is 35.5. The molecule has 0 unspecified atom stereocenters. The van der Waals surface area contributed by atoms with Gasteiger partial charge in [-0.3, -0.25) is 0 Å². The van der Waals surface area contributed by atoms with Crippen LogP contribution in [-0.4, -0.2) is 75.0 Å². The summed E-state index contributed by atoms with van der Waals surface area (Å²) in [6.07, 6.45) is -2.19. The Morgan fingerprint density at radius 1 is 1.15 bits per heavy atom. The molecular formula is C24H20Cl2FN7O4S. The molecule has 6 rings (SSSR count). The molecule has 39 heavy (non-hydrogen) atoms. The highest BCUT2D eigenvalue weighted by Gasteiger charge is 2.48. The Balaban J connectivity index is 1.36. The van der Waals surface area contributed by atoms with Gasteiger partial charge in [0.1, 0.15) is 48.3 Å². The molecule has 1 fully saturated rings. The molecule has 202 valence electrons. The first-order valence-corrected chi connectivity index (χ1v) is 13.3. The van der Waals surface area contributed by atoms with Gasteiger partial charge < -0.3 is 20.1 Å². The van der Waals surface area contributed by atoms with E-state index in [1.807, 2.05) is 25.1 Å². The molecule has 5 aromatic rings. The summed E-state index contributed by atoms with van der Waals surface area (Å²) < 4.78 is 23.8. The summed E-state index contributed by atoms with van der Waals surface area (Å²) in [5, 5.41) is 45.6. The first-order valence-electron chi connectivity index (χ1n) is 11.7. The van der Waals surface area contributed by atoms with Crippen molar-refractivity contribution in [1.29, 1.82) is 0 Å². The van der Waals surface area contributed by atoms with Crippen LogP contribution in [0.3, 0.4) is 0 Å². The van der Waals surface area contributed by atoms with E-state index in [1.54, 1.807) is 0 Å². The van der Waals surface area contributed by atoms with Crippen molar-refractivity contribution >= 4 is 44.8 Å². The number of aliphatic hydroxyl groups is 3. The third kappa shape index (κ3) is 4.59. The normalized spacial score (nSPS) is 23.5. The molecule has 15 heteroatoms. The summed E-state index contributed by atoms with van der Waals surface area (Å²) in [4.78, 5) is 8.80. The maximum Gasteiger partial charge on any atom is 0.163 e. The van der Waals surface area contributed by atoms with Crippen molar-refractivity contribution < 1.29 is 24.4 Å². The largest absolute Gasteiger partial charge is 0.394 e. The molecule has 4 heterocycles. The molecule has 0 amide bonds. The number of benzene rings is 2. The Kier molecular flexibility index (Phi) is 6.83. The lowest BCUT2D eigenvalue weighted by atomic mass is 9.92. The summed E-state index contributed by atoms with van der Waals surface area (Å²) in [5.74, 6) is -0.475. The lowest BCUT2D eigenvalue weighted by Crippen LogP contribution is -2.53. The Morgan fingerprint density at radius 2 is 1.97 bits per heavy atom. The third-order valence-corrected chi connectivity index (χ3v) is 8.25. The van der Waals surface area contributed by atoms with Gasteiger partial charge in [0.25, 0.3) is 0 Å². The van der Waals surface area contributed by atoms with E-state index < -0.39 is 42.9 Å². The standard InChI is InChI=1S/C24H20Cl2FN7O4S/c1-10-30-15-3-2-12(6-18(15)39-10)34-24(28-9-29-34)23-22(37)20(21(36)17(8-35)38-23)33-7-16(31-32-33)11-4-13(25)19(26)14(27)5-11/h2-7,9,17,20-23,35-37H,8H2,1H3/t17-,20+,21+,22-,23-/m1/s1. The number of hydrogen-bond donors (Lipinski definition) is 3. The lowest BCUT2D eigenvalue weighted by Gasteiger charge is -2.41. The fraction of sp³-hybridized carbons (Fsp3) is 0.292. The Labute approximate surface area is 234 Å². The van der Waals surface area contributed by atoms with Crippen molar-refractivity contribution in [2.75, 3.05) is 6.61 Å². The summed E-state index contributed by atoms with van der Waals surface area (Å²) in [7, 11) is 0. The lowest BCUT2D eigenvalue weighted by molar-refractivity contribution is -0.210. The highest BCUT2D eigenvalue weighted by molar-refractivity contribution is 7.18. The van der Waals surface area contributed by atoms with Gasteiger partial charge in [-0.2, -0.15) is 5.10 Å². The number of halogens is 3. The van der Waals surface area contributed by atoms with Crippen LogP contribution in [0.4, 0.5) is 4.39 Å². The quantitative estimate of drug-likeness (QED) is 0.262. The second-order valence-electron chi connectivity index (χ2n) is 9.00. The van der Waals surface area contributed by atoms with Gasteiger partial charge in [0.2, 0.25) is 0 Å². The minimum absolute atomic E-state index is 0.00113. The number of thiazole rings is 1. The van der Waals surface area contributed by atoms with E-state index in [-0.39, 0.29) is 21.6 Å². The van der Waals surface area contributed by atoms with Gasteiger partial charge >= 0.3 is 0 Å². The van der Waals surface area contributed by atoms with E-state index >= 15 is 0 Å². The maximum atomic E-state index is 14.2. The van der Waals surface area contributed by atoms with Crippen LogP contribution in [0, 0.1) is 12.7 Å². The molecule has 3 N–H and O–H groups in total. The number of rotatable bonds is 5. The van der Waals surface area contributed by atoms with E-state index in [0.717, 1.165) is 21.3 Å². The smallest absolute Gasteiger partial charge is 0.163 e. The number of hydrogen-bond acceptors (Lipinski definition) is 10. The molecule has 0 bridgehead atoms. The number of ether oxygens (including phenoxy) is 1. The second kappa shape index (κ2) is 10.2. The third-order valence-electron chi connectivity index (χ3n) is 6.54. The van der Waals surface area contributed by atoms with E-state index in [9.17, 15) is 19.7 Å². The van der Waals surface area contributed by atoms with Crippen LogP contribution in [0.5, 0.6) is 0 Å². The van der Waals surface area contributed by atoms with Crippen molar-refractivity contribution in [2.45, 2.75) is 37.4 Å². The first kappa shape index (κ1) is 26.2. The fourth-order valence-corrected chi connectivity index (χ4v) is 5.87. The highest BCUT2D eigenvalue weighted by Crippen LogP contribution is 2.39. The van der Waals surface area contributed by atoms with Gasteiger partial charge in [-0.15, -0.1) is 16.4 Å². The number of nitrogens with zero attached hydrogens (tertiary/aromatic N) is 7. The zero-order valence-electron chi connectivity index (χ0n) is 20.1. The van der Waals surface area contributed by atoms with Gasteiger partial charge in [0.15, 0.2) is 5.82 Å². The van der Waals surface area contributed by atoms with Crippen LogP contribution in [0.2, 0.25) is 10.0 Å². The van der Waals surface area contributed by atoms with Crippen molar-refractivity contribution in [3.8, 4) is 16.9 Å². The minimum atomic E-state index is -1.39. The van der Waals surface area contributed by atoms with Crippen LogP contribution >= 0.6 is 34.5 Å². The van der Waals surface area contributed by atoms with E-state index in [1.165, 1.54) is 39.3 Å². The molecule has 1 aliphatic heterocycles. The predicted octanol–water partition coefficient (Wildman–Crippen LogP) is 3.29. The van der Waals surface area contributed by atoms with Gasteiger partial charge in [-0.1, -0.05) is 28.4 Å². The van der Waals surface area contributed by atoms with Gasteiger partial charge in [0, 0.05) is 5.56 Å². The van der Waals surface area contributed by atoms with E-state index in [0.29, 0.717) is 11.3 Å². The number of aromatic nitrogens is 7. The Morgan fingerprint density at radius 3 is 2.74 bits per heavy atom. The molecule has 1 saturated heterocycles. The summed E-state index contributed by atoms with van der Waals surface area (Å²) in [6.45, 7) is 1.38. The molecule has 2 aromatic carbocycles. The average molecular weight is 592 g/mol. The van der Waals surface area contributed by atoms with Gasteiger partial charge in [0.05, 0.1) is 43.8 Å². The van der Waals surface area contributed by atoms with Crippen molar-refractivity contribution in [3.63, 3.8) is 0 Å². The SMILES string of the molecule is Cc1nc2ccc(-n3ncnc3[C@@H]3O[C@H](CO)[C@H](O)[C@H](n4cc(-c5cc(F)c(Cl)c(Cl)c5)nn4)[C@H]3O)cc2s1. The monoisotopic (exact) mass is 591 g/mol. The van der Waals surface area contributed by atoms with Crippen LogP contribution in [0.1, 0.15) is 23.0 Å². The van der Waals surface area contributed by atoms with Crippen LogP contribution in [-0.2, 0) is 4.74 Å². The predicted molar refractivity (Wildman–Crippen MR) is 140 cm³/mol. The first-order chi connectivity index (χ1) is 18.7. The molecule has 1 aliphatic rings. The molecule has 0 radical (unpaired) electrons. The summed E-state index contributed by atoms with van der Waals surface area (Å²) in [6, 6.07) is 7.08. The fourth-order valence-electron chi connectivity index (χ4n) is 4.69. The van der Waals surface area contributed by atoms with Crippen LogP contribution < -0.4 is 0 Å². The van der Waals surface area contributed by atoms with Crippen molar-refractivity contribution in [3.05, 3.63) is 69.6 Å². The molecule has 11 nitrogen and oxygen atoms in total. The molecule has 3 aromatic heterocycles. The molecular weight excluding hydrogens is 572 g/mol. The number of aryl methyl sites for hydroxylation is 1. The zero-order chi connectivity index (χ0) is 27.4. The minimum Gasteiger partial charge on any atom is -0.394 e. The maximum absolute atomic E-state index is 14.2. The molecule has 0 aliphatic carbocycles. The van der Waals surface area contributed by atoms with Crippen molar-refractivity contribution in [2.24, 2.45) is 0 Å². The molecule has 0 saturated carbocycles. The number of fused-ring (bicyclic) bond motifs is 1. The summed E-state index contributed by atoms with van der Waals surface area (Å²) in [5.41, 5.74) is 2.05. The van der Waals surface area contributed by atoms with Crippen LogP contribution in [0.25, 0.3) is 27.2 Å².